The fourth-order valence-electron chi connectivity index (χ4n) is 1.99. The lowest BCUT2D eigenvalue weighted by molar-refractivity contribution is -0.116. The zero-order chi connectivity index (χ0) is 11.9. The maximum Gasteiger partial charge on any atom is 0.227 e. The number of hydrogen-bond acceptors (Lipinski definition) is 4. The molecule has 6 nitrogen and oxygen atoms in total. The van der Waals surface area contributed by atoms with E-state index in [1.54, 1.807) is 6.20 Å². The molecule has 3 rings (SSSR count). The molecule has 1 amide bonds. The first-order chi connectivity index (χ1) is 8.16. The van der Waals surface area contributed by atoms with E-state index in [-0.39, 0.29) is 11.4 Å². The Kier molecular flexibility index (Phi) is 2.41. The molecule has 6 heteroatoms. The minimum atomic E-state index is -0.243. The van der Waals surface area contributed by atoms with Gasteiger partial charge in [-0.15, -0.1) is 0 Å². The molecule has 92 valence electrons. The fraction of sp³-hybridized carbons (Fsp3) is 0.636. The minimum Gasteiger partial charge on any atom is -0.325 e. The summed E-state index contributed by atoms with van der Waals surface area (Å²) in [6.45, 7) is 1.82. The van der Waals surface area contributed by atoms with Gasteiger partial charge in [-0.1, -0.05) is 0 Å². The van der Waals surface area contributed by atoms with Crippen LogP contribution in [0.3, 0.4) is 0 Å². The summed E-state index contributed by atoms with van der Waals surface area (Å²) in [7, 11) is 0. The van der Waals surface area contributed by atoms with Gasteiger partial charge in [0.25, 0.3) is 0 Å². The van der Waals surface area contributed by atoms with Crippen LogP contribution >= 0.6 is 0 Å². The van der Waals surface area contributed by atoms with Crippen molar-refractivity contribution in [2.45, 2.75) is 30.8 Å². The van der Waals surface area contributed by atoms with E-state index in [9.17, 15) is 4.79 Å². The lowest BCUT2D eigenvalue weighted by Gasteiger charge is -2.28. The van der Waals surface area contributed by atoms with Crippen molar-refractivity contribution in [2.75, 3.05) is 18.4 Å². The van der Waals surface area contributed by atoms with E-state index in [1.807, 2.05) is 10.7 Å². The molecular weight excluding hydrogens is 218 g/mol. The SMILES string of the molecule is NC1(CC(=O)Nc2ccnn2C2CNC2)CC1. The number of nitrogens with one attached hydrogen (secondary N) is 2. The van der Waals surface area contributed by atoms with Crippen molar-refractivity contribution in [1.82, 2.24) is 15.1 Å². The quantitative estimate of drug-likeness (QED) is 0.677. The average molecular weight is 235 g/mol. The van der Waals surface area contributed by atoms with Crippen LogP contribution in [0.5, 0.6) is 0 Å². The van der Waals surface area contributed by atoms with Gasteiger partial charge in [-0.05, 0) is 12.8 Å². The zero-order valence-electron chi connectivity index (χ0n) is 9.65. The second-order valence-corrected chi connectivity index (χ2v) is 5.06. The molecule has 2 fully saturated rings. The van der Waals surface area contributed by atoms with Crippen LogP contribution in [0.2, 0.25) is 0 Å². The van der Waals surface area contributed by atoms with E-state index in [4.69, 9.17) is 5.73 Å². The van der Waals surface area contributed by atoms with E-state index in [0.29, 0.717) is 12.5 Å². The predicted molar refractivity (Wildman–Crippen MR) is 63.5 cm³/mol. The first-order valence-corrected chi connectivity index (χ1v) is 5.99. The largest absolute Gasteiger partial charge is 0.325 e. The fourth-order valence-corrected chi connectivity index (χ4v) is 1.99. The lowest BCUT2D eigenvalue weighted by atomic mass is 10.2. The molecular formula is C11H17N5O. The zero-order valence-corrected chi connectivity index (χ0v) is 9.65. The predicted octanol–water partition coefficient (Wildman–Crippen LogP) is -0.153. The van der Waals surface area contributed by atoms with Crippen molar-refractivity contribution >= 4 is 11.7 Å². The number of nitrogens with two attached hydrogens (primary N) is 1. The van der Waals surface area contributed by atoms with E-state index in [2.05, 4.69) is 15.7 Å². The number of nitrogens with zero attached hydrogens (tertiary/aromatic N) is 2. The normalized spacial score (nSPS) is 21.9. The van der Waals surface area contributed by atoms with Crippen LogP contribution < -0.4 is 16.4 Å². The summed E-state index contributed by atoms with van der Waals surface area (Å²) in [5.74, 6) is 0.754. The summed E-state index contributed by atoms with van der Waals surface area (Å²) in [5, 5.41) is 10.3. The molecule has 1 aliphatic heterocycles. The average Bonchev–Trinajstić information content (AvgIpc) is 2.72. The third-order valence-electron chi connectivity index (χ3n) is 3.45. The summed E-state index contributed by atoms with van der Waals surface area (Å²) in [6, 6.07) is 2.18. The van der Waals surface area contributed by atoms with E-state index < -0.39 is 0 Å². The van der Waals surface area contributed by atoms with Gasteiger partial charge in [0.15, 0.2) is 0 Å². The summed E-state index contributed by atoms with van der Waals surface area (Å²) in [5.41, 5.74) is 5.68. The van der Waals surface area contributed by atoms with Gasteiger partial charge < -0.3 is 16.4 Å². The highest BCUT2D eigenvalue weighted by Crippen LogP contribution is 2.35. The Balaban J connectivity index is 1.63. The van der Waals surface area contributed by atoms with Crippen LogP contribution in [0.4, 0.5) is 5.82 Å². The molecule has 0 unspecified atom stereocenters. The number of amides is 1. The molecule has 1 saturated heterocycles. The van der Waals surface area contributed by atoms with E-state index >= 15 is 0 Å². The molecule has 2 aliphatic rings. The topological polar surface area (TPSA) is 85.0 Å². The van der Waals surface area contributed by atoms with Gasteiger partial charge in [0.1, 0.15) is 5.82 Å². The molecule has 1 aliphatic carbocycles. The third-order valence-corrected chi connectivity index (χ3v) is 3.45. The van der Waals surface area contributed by atoms with Crippen LogP contribution in [0, 0.1) is 0 Å². The van der Waals surface area contributed by atoms with Crippen LogP contribution in [0.25, 0.3) is 0 Å². The number of carbonyl (C=O) groups excluding carboxylic acids is 1. The Hall–Kier alpha value is -1.40. The van der Waals surface area contributed by atoms with Crippen molar-refractivity contribution in [3.8, 4) is 0 Å². The Morgan fingerprint density at radius 2 is 2.41 bits per heavy atom. The molecule has 0 aromatic carbocycles. The van der Waals surface area contributed by atoms with E-state index in [0.717, 1.165) is 31.7 Å². The number of carbonyl (C=O) groups is 1. The monoisotopic (exact) mass is 235 g/mol. The van der Waals surface area contributed by atoms with Crippen molar-refractivity contribution in [3.05, 3.63) is 12.3 Å². The first-order valence-electron chi connectivity index (χ1n) is 5.99. The summed E-state index contributed by atoms with van der Waals surface area (Å²) in [4.78, 5) is 11.8. The van der Waals surface area contributed by atoms with Gasteiger partial charge >= 0.3 is 0 Å². The molecule has 1 aromatic heterocycles. The first kappa shape index (κ1) is 10.7. The van der Waals surface area contributed by atoms with Gasteiger partial charge in [-0.3, -0.25) is 4.79 Å². The van der Waals surface area contributed by atoms with E-state index in [1.165, 1.54) is 0 Å². The Morgan fingerprint density at radius 1 is 1.65 bits per heavy atom. The summed E-state index contributed by atoms with van der Waals surface area (Å²) < 4.78 is 1.87. The second-order valence-electron chi connectivity index (χ2n) is 5.06. The van der Waals surface area contributed by atoms with Gasteiger partial charge in [-0.25, -0.2) is 4.68 Å². The van der Waals surface area contributed by atoms with Crippen molar-refractivity contribution in [3.63, 3.8) is 0 Å². The number of rotatable bonds is 4. The minimum absolute atomic E-state index is 0.0148. The Labute approximate surface area is 99.5 Å². The molecule has 0 atom stereocenters. The highest BCUT2D eigenvalue weighted by molar-refractivity contribution is 5.91. The number of aromatic nitrogens is 2. The van der Waals surface area contributed by atoms with Crippen LogP contribution in [0.1, 0.15) is 25.3 Å². The van der Waals surface area contributed by atoms with Gasteiger partial charge in [0.05, 0.1) is 12.2 Å². The van der Waals surface area contributed by atoms with Gasteiger partial charge in [-0.2, -0.15) is 5.10 Å². The molecule has 4 N–H and O–H groups in total. The maximum absolute atomic E-state index is 11.8. The molecule has 2 heterocycles. The Morgan fingerprint density at radius 3 is 3.00 bits per heavy atom. The summed E-state index contributed by atoms with van der Waals surface area (Å²) >= 11 is 0. The molecule has 1 aromatic rings. The molecule has 0 bridgehead atoms. The third kappa shape index (κ3) is 2.18. The molecule has 0 radical (unpaired) electrons. The lowest BCUT2D eigenvalue weighted by Crippen LogP contribution is -2.44. The number of hydrogen-bond donors (Lipinski definition) is 3. The van der Waals surface area contributed by atoms with Gasteiger partial charge in [0, 0.05) is 31.1 Å². The maximum atomic E-state index is 11.8. The van der Waals surface area contributed by atoms with Gasteiger partial charge in [0.2, 0.25) is 5.91 Å². The van der Waals surface area contributed by atoms with Crippen molar-refractivity contribution in [1.29, 1.82) is 0 Å². The van der Waals surface area contributed by atoms with Crippen molar-refractivity contribution in [2.24, 2.45) is 5.73 Å². The van der Waals surface area contributed by atoms with Crippen LogP contribution in [-0.4, -0.2) is 34.3 Å². The highest BCUT2D eigenvalue weighted by atomic mass is 16.1. The number of anilines is 1. The van der Waals surface area contributed by atoms with Crippen LogP contribution in [-0.2, 0) is 4.79 Å². The Bertz CT molecular complexity index is 433. The summed E-state index contributed by atoms with van der Waals surface area (Å²) in [6.07, 6.45) is 4.02. The highest BCUT2D eigenvalue weighted by Gasteiger charge is 2.40. The van der Waals surface area contributed by atoms with Crippen LogP contribution in [0.15, 0.2) is 12.3 Å². The van der Waals surface area contributed by atoms with Crippen molar-refractivity contribution < 1.29 is 4.79 Å². The second kappa shape index (κ2) is 3.82. The molecule has 17 heavy (non-hydrogen) atoms. The standard InChI is InChI=1S/C11H17N5O/c12-11(2-3-11)5-10(17)15-9-1-4-14-16(9)8-6-13-7-8/h1,4,8,13H,2-3,5-7,12H2,(H,15,17). The smallest absolute Gasteiger partial charge is 0.227 e. The molecule has 1 saturated carbocycles. The molecule has 0 spiro atoms.